The van der Waals surface area contributed by atoms with Crippen molar-refractivity contribution in [1.29, 1.82) is 0 Å². The molecule has 0 aliphatic heterocycles. The van der Waals surface area contributed by atoms with Crippen LogP contribution in [0.15, 0.2) is 48.5 Å². The highest BCUT2D eigenvalue weighted by Crippen LogP contribution is 2.20. The van der Waals surface area contributed by atoms with Gasteiger partial charge in [0, 0.05) is 17.3 Å². The Balaban J connectivity index is 1.86. The van der Waals surface area contributed by atoms with Crippen molar-refractivity contribution in [3.63, 3.8) is 0 Å². The van der Waals surface area contributed by atoms with E-state index in [1.807, 2.05) is 18.2 Å². The molecule has 0 saturated carbocycles. The predicted octanol–water partition coefficient (Wildman–Crippen LogP) is 5.08. The van der Waals surface area contributed by atoms with Gasteiger partial charge >= 0.3 is 0 Å². The second-order valence-electron chi connectivity index (χ2n) is 4.69. The first-order valence-corrected chi connectivity index (χ1v) is 6.78. The zero-order valence-electron chi connectivity index (χ0n) is 10.9. The Morgan fingerprint density at radius 2 is 1.89 bits per heavy atom. The van der Waals surface area contributed by atoms with E-state index >= 15 is 0 Å². The van der Waals surface area contributed by atoms with Gasteiger partial charge in [-0.25, -0.2) is 4.39 Å². The van der Waals surface area contributed by atoms with Gasteiger partial charge in [0.15, 0.2) is 0 Å². The van der Waals surface area contributed by atoms with Crippen molar-refractivity contribution in [2.24, 2.45) is 0 Å². The van der Waals surface area contributed by atoms with E-state index in [9.17, 15) is 4.39 Å². The highest BCUT2D eigenvalue weighted by atomic mass is 35.5. The molecule has 0 bridgehead atoms. The Hall–Kier alpha value is -1.54. The van der Waals surface area contributed by atoms with Crippen LogP contribution in [0.1, 0.15) is 24.8 Å². The number of rotatable bonds is 5. The Morgan fingerprint density at radius 1 is 1.16 bits per heavy atom. The maximum Gasteiger partial charge on any atom is 0.126 e. The Morgan fingerprint density at radius 3 is 2.58 bits per heavy atom. The SMILES string of the molecule is CC(CCNc1cc(F)cc(Cl)c1)c1ccccc1. The van der Waals surface area contributed by atoms with Gasteiger partial charge in [0.05, 0.1) is 0 Å². The number of halogens is 2. The second-order valence-corrected chi connectivity index (χ2v) is 5.12. The van der Waals surface area contributed by atoms with E-state index in [1.165, 1.54) is 17.7 Å². The average molecular weight is 278 g/mol. The largest absolute Gasteiger partial charge is 0.385 e. The zero-order chi connectivity index (χ0) is 13.7. The molecule has 0 saturated heterocycles. The van der Waals surface area contributed by atoms with E-state index in [1.54, 1.807) is 6.07 Å². The lowest BCUT2D eigenvalue weighted by atomic mass is 9.98. The van der Waals surface area contributed by atoms with Crippen LogP contribution >= 0.6 is 11.6 Å². The lowest BCUT2D eigenvalue weighted by Gasteiger charge is -2.13. The minimum atomic E-state index is -0.314. The summed E-state index contributed by atoms with van der Waals surface area (Å²) >= 11 is 5.81. The Labute approximate surface area is 118 Å². The van der Waals surface area contributed by atoms with Crippen molar-refractivity contribution in [3.05, 3.63) is 64.9 Å². The van der Waals surface area contributed by atoms with Crippen LogP contribution in [0, 0.1) is 5.82 Å². The van der Waals surface area contributed by atoms with Gasteiger partial charge in [-0.3, -0.25) is 0 Å². The molecule has 3 heteroatoms. The number of benzene rings is 2. The first kappa shape index (κ1) is 13.9. The lowest BCUT2D eigenvalue weighted by Crippen LogP contribution is -2.06. The van der Waals surface area contributed by atoms with E-state index < -0.39 is 0 Å². The fraction of sp³-hybridized carbons (Fsp3) is 0.250. The van der Waals surface area contributed by atoms with Crippen molar-refractivity contribution in [3.8, 4) is 0 Å². The molecule has 0 heterocycles. The van der Waals surface area contributed by atoms with Crippen LogP contribution < -0.4 is 5.32 Å². The average Bonchev–Trinajstić information content (AvgIpc) is 2.38. The quantitative estimate of drug-likeness (QED) is 0.803. The molecule has 2 rings (SSSR count). The summed E-state index contributed by atoms with van der Waals surface area (Å²) in [7, 11) is 0. The molecule has 0 radical (unpaired) electrons. The maximum atomic E-state index is 13.2. The molecular formula is C16H17ClFN. The smallest absolute Gasteiger partial charge is 0.126 e. The molecule has 100 valence electrons. The van der Waals surface area contributed by atoms with Gasteiger partial charge in [0.1, 0.15) is 5.82 Å². The third kappa shape index (κ3) is 4.25. The molecule has 0 aliphatic carbocycles. The molecule has 2 aromatic carbocycles. The second kappa shape index (κ2) is 6.58. The molecular weight excluding hydrogens is 261 g/mol. The van der Waals surface area contributed by atoms with E-state index in [4.69, 9.17) is 11.6 Å². The summed E-state index contributed by atoms with van der Waals surface area (Å²) < 4.78 is 13.2. The number of hydrogen-bond acceptors (Lipinski definition) is 1. The Kier molecular flexibility index (Phi) is 4.80. The standard InChI is InChI=1S/C16H17ClFN/c1-12(13-5-3-2-4-6-13)7-8-19-16-10-14(17)9-15(18)11-16/h2-6,9-12,19H,7-8H2,1H3. The number of hydrogen-bond donors (Lipinski definition) is 1. The van der Waals surface area contributed by atoms with Gasteiger partial charge in [-0.2, -0.15) is 0 Å². The summed E-state index contributed by atoms with van der Waals surface area (Å²) in [6.07, 6.45) is 0.984. The minimum absolute atomic E-state index is 0.314. The monoisotopic (exact) mass is 277 g/mol. The van der Waals surface area contributed by atoms with Crippen LogP contribution in [0.25, 0.3) is 0 Å². The van der Waals surface area contributed by atoms with Gasteiger partial charge in [0.25, 0.3) is 0 Å². The lowest BCUT2D eigenvalue weighted by molar-refractivity contribution is 0.628. The van der Waals surface area contributed by atoms with Crippen LogP contribution in [-0.4, -0.2) is 6.54 Å². The number of anilines is 1. The first-order chi connectivity index (χ1) is 9.15. The molecule has 0 fully saturated rings. The van der Waals surface area contributed by atoms with E-state index in [0.29, 0.717) is 10.9 Å². The van der Waals surface area contributed by atoms with Crippen molar-refractivity contribution in [1.82, 2.24) is 0 Å². The first-order valence-electron chi connectivity index (χ1n) is 6.40. The molecule has 1 unspecified atom stereocenters. The van der Waals surface area contributed by atoms with E-state index in [2.05, 4.69) is 24.4 Å². The fourth-order valence-corrected chi connectivity index (χ4v) is 2.26. The van der Waals surface area contributed by atoms with Crippen LogP contribution in [0.2, 0.25) is 5.02 Å². The molecule has 2 aromatic rings. The molecule has 0 amide bonds. The van der Waals surface area contributed by atoms with Gasteiger partial charge in [-0.1, -0.05) is 48.9 Å². The van der Waals surface area contributed by atoms with Crippen molar-refractivity contribution in [2.75, 3.05) is 11.9 Å². The van der Waals surface area contributed by atoms with Gasteiger partial charge < -0.3 is 5.32 Å². The maximum absolute atomic E-state index is 13.2. The van der Waals surface area contributed by atoms with E-state index in [-0.39, 0.29) is 5.82 Å². The van der Waals surface area contributed by atoms with Crippen molar-refractivity contribution >= 4 is 17.3 Å². The molecule has 19 heavy (non-hydrogen) atoms. The zero-order valence-corrected chi connectivity index (χ0v) is 11.6. The topological polar surface area (TPSA) is 12.0 Å². The highest BCUT2D eigenvalue weighted by molar-refractivity contribution is 6.30. The van der Waals surface area contributed by atoms with Crippen LogP contribution in [0.4, 0.5) is 10.1 Å². The van der Waals surface area contributed by atoms with Crippen LogP contribution in [0.5, 0.6) is 0 Å². The summed E-state index contributed by atoms with van der Waals surface area (Å²) in [5.74, 6) is 0.156. The summed E-state index contributed by atoms with van der Waals surface area (Å²) in [6, 6.07) is 14.9. The third-order valence-electron chi connectivity index (χ3n) is 3.14. The van der Waals surface area contributed by atoms with Gasteiger partial charge in [0.2, 0.25) is 0 Å². The number of nitrogens with one attached hydrogen (secondary N) is 1. The summed E-state index contributed by atoms with van der Waals surface area (Å²) in [4.78, 5) is 0. The predicted molar refractivity (Wildman–Crippen MR) is 79.4 cm³/mol. The molecule has 0 aliphatic rings. The van der Waals surface area contributed by atoms with Gasteiger partial charge in [-0.05, 0) is 36.1 Å². The molecule has 0 spiro atoms. The third-order valence-corrected chi connectivity index (χ3v) is 3.36. The minimum Gasteiger partial charge on any atom is -0.385 e. The van der Waals surface area contributed by atoms with Crippen molar-refractivity contribution < 1.29 is 4.39 Å². The van der Waals surface area contributed by atoms with E-state index in [0.717, 1.165) is 18.7 Å². The van der Waals surface area contributed by atoms with Crippen LogP contribution in [0.3, 0.4) is 0 Å². The molecule has 1 nitrogen and oxygen atoms in total. The summed E-state index contributed by atoms with van der Waals surface area (Å²) in [5, 5.41) is 3.62. The normalized spacial score (nSPS) is 12.2. The van der Waals surface area contributed by atoms with Gasteiger partial charge in [-0.15, -0.1) is 0 Å². The Bertz CT molecular complexity index is 507. The highest BCUT2D eigenvalue weighted by Gasteiger charge is 2.05. The fourth-order valence-electron chi connectivity index (χ4n) is 2.04. The molecule has 1 atom stereocenters. The molecule has 0 aromatic heterocycles. The molecule has 1 N–H and O–H groups in total. The van der Waals surface area contributed by atoms with Crippen LogP contribution in [-0.2, 0) is 0 Å². The summed E-state index contributed by atoms with van der Waals surface area (Å²) in [6.45, 7) is 2.98. The van der Waals surface area contributed by atoms with Crippen molar-refractivity contribution in [2.45, 2.75) is 19.3 Å². The summed E-state index contributed by atoms with van der Waals surface area (Å²) in [5.41, 5.74) is 2.05.